The van der Waals surface area contributed by atoms with Crippen molar-refractivity contribution < 1.29 is 19.1 Å². The van der Waals surface area contributed by atoms with Crippen LogP contribution >= 0.6 is 0 Å². The molecule has 0 fully saturated rings. The number of hydrogen-bond donors (Lipinski definition) is 2. The number of fused-ring (bicyclic) bond motifs is 3. The Morgan fingerprint density at radius 1 is 0.900 bits per heavy atom. The van der Waals surface area contributed by atoms with Crippen molar-refractivity contribution >= 4 is 47.0 Å². The molecular formula is C33H34N2O4Si. The third-order valence-corrected chi connectivity index (χ3v) is 13.4. The summed E-state index contributed by atoms with van der Waals surface area (Å²) in [6.45, 7) is 8.18. The van der Waals surface area contributed by atoms with Crippen molar-refractivity contribution in [3.8, 4) is 0 Å². The fourth-order valence-corrected chi connectivity index (χ4v) is 11.3. The number of carbonyl (C=O) groups excluding carboxylic acids is 2. The number of hydrogen-bond acceptors (Lipinski definition) is 4. The number of amides is 2. The Balaban J connectivity index is 1.40. The van der Waals surface area contributed by atoms with E-state index in [1.807, 2.05) is 36.4 Å². The summed E-state index contributed by atoms with van der Waals surface area (Å²) in [4.78, 5) is 25.0. The molecule has 1 aromatic heterocycles. The summed E-state index contributed by atoms with van der Waals surface area (Å²) < 4.78 is 9.49. The van der Waals surface area contributed by atoms with E-state index in [-0.39, 0.29) is 16.5 Å². The van der Waals surface area contributed by atoms with E-state index in [0.717, 1.165) is 29.6 Å². The second-order valence-electron chi connectivity index (χ2n) is 11.8. The summed E-state index contributed by atoms with van der Waals surface area (Å²) in [6, 6.07) is 29.2. The van der Waals surface area contributed by atoms with Gasteiger partial charge in [-0.15, -0.1) is 0 Å². The normalized spacial score (nSPS) is 17.8. The molecule has 0 aliphatic carbocycles. The van der Waals surface area contributed by atoms with Crippen molar-refractivity contribution in [1.82, 2.24) is 9.88 Å². The summed E-state index contributed by atoms with van der Waals surface area (Å²) in [5.41, 5.74) is 2.70. The number of benzene rings is 3. The summed E-state index contributed by atoms with van der Waals surface area (Å²) in [7, 11) is -2.69. The fraction of sp³-hybridized carbons (Fsp3) is 0.273. The molecule has 1 unspecified atom stereocenters. The zero-order valence-electron chi connectivity index (χ0n) is 23.1. The highest BCUT2D eigenvalue weighted by atomic mass is 28.4. The van der Waals surface area contributed by atoms with Crippen LogP contribution in [0.5, 0.6) is 0 Å². The lowest BCUT2D eigenvalue weighted by Gasteiger charge is -2.44. The maximum absolute atomic E-state index is 12.8. The van der Waals surface area contributed by atoms with Crippen molar-refractivity contribution in [2.75, 3.05) is 6.61 Å². The SMILES string of the molecule is CC(C)(C)[Si](OCC1CCn2c(c(C3=C(O)C(=O)NC3=O)c3ccccc32)C1)(c1ccccc1)c1ccccc1. The third kappa shape index (κ3) is 4.12. The van der Waals surface area contributed by atoms with Gasteiger partial charge in [0.25, 0.3) is 20.1 Å². The maximum atomic E-state index is 12.8. The molecule has 2 N–H and O–H groups in total. The molecule has 0 radical (unpaired) electrons. The largest absolute Gasteiger partial charge is 0.502 e. The Kier molecular flexibility index (Phi) is 6.51. The minimum absolute atomic E-state index is 0.0727. The standard InChI is InChI=1S/C33H34N2O4Si/c1-33(2,3)40(23-12-6-4-7-13-23,24-14-8-5-9-15-24)39-21-22-18-19-35-26-17-11-10-16-25(26)28(27(35)20-22)29-30(36)32(38)34-31(29)37/h4-17,22H,18-21H2,1-3H3,(H2,34,36,37,38). The van der Waals surface area contributed by atoms with Gasteiger partial charge >= 0.3 is 0 Å². The van der Waals surface area contributed by atoms with Gasteiger partial charge in [0.05, 0.1) is 5.57 Å². The van der Waals surface area contributed by atoms with Crippen LogP contribution in [0.15, 0.2) is 90.7 Å². The van der Waals surface area contributed by atoms with Crippen molar-refractivity contribution in [1.29, 1.82) is 0 Å². The number of aromatic nitrogens is 1. The molecule has 2 amide bonds. The van der Waals surface area contributed by atoms with Crippen molar-refractivity contribution in [3.05, 3.63) is 102 Å². The van der Waals surface area contributed by atoms with Crippen LogP contribution in [0, 0.1) is 5.92 Å². The van der Waals surface area contributed by atoms with E-state index >= 15 is 0 Å². The molecule has 204 valence electrons. The van der Waals surface area contributed by atoms with Crippen LogP contribution < -0.4 is 15.7 Å². The molecule has 0 spiro atoms. The molecule has 2 aliphatic rings. The molecule has 4 aromatic rings. The van der Waals surface area contributed by atoms with Crippen molar-refractivity contribution in [2.24, 2.45) is 5.92 Å². The zero-order chi connectivity index (χ0) is 28.1. The smallest absolute Gasteiger partial charge is 0.293 e. The number of imide groups is 1. The Labute approximate surface area is 235 Å². The predicted octanol–water partition coefficient (Wildman–Crippen LogP) is 4.71. The molecule has 2 aliphatic heterocycles. The number of aliphatic hydroxyl groups is 1. The summed E-state index contributed by atoms with van der Waals surface area (Å²) in [5.74, 6) is -1.59. The topological polar surface area (TPSA) is 80.6 Å². The second kappa shape index (κ2) is 9.91. The minimum atomic E-state index is -2.69. The van der Waals surface area contributed by atoms with Crippen LogP contribution in [0.2, 0.25) is 5.04 Å². The Morgan fingerprint density at radius 3 is 2.08 bits per heavy atom. The molecule has 3 aromatic carbocycles. The molecule has 6 rings (SSSR count). The van der Waals surface area contributed by atoms with Gasteiger partial charge < -0.3 is 14.1 Å². The van der Waals surface area contributed by atoms with Gasteiger partial charge in [-0.2, -0.15) is 0 Å². The van der Waals surface area contributed by atoms with E-state index in [0.29, 0.717) is 18.6 Å². The van der Waals surface area contributed by atoms with Crippen LogP contribution in [0.1, 0.15) is 38.4 Å². The number of rotatable bonds is 6. The van der Waals surface area contributed by atoms with Crippen LogP contribution in [-0.4, -0.2) is 36.4 Å². The van der Waals surface area contributed by atoms with Gasteiger partial charge in [-0.1, -0.05) is 99.6 Å². The average Bonchev–Trinajstić information content (AvgIpc) is 3.40. The number of nitrogens with one attached hydrogen (secondary N) is 1. The zero-order valence-corrected chi connectivity index (χ0v) is 24.1. The van der Waals surface area contributed by atoms with Crippen LogP contribution in [0.25, 0.3) is 16.5 Å². The average molecular weight is 551 g/mol. The summed E-state index contributed by atoms with van der Waals surface area (Å²) >= 11 is 0. The van der Waals surface area contributed by atoms with E-state index in [4.69, 9.17) is 4.43 Å². The molecule has 6 nitrogen and oxygen atoms in total. The maximum Gasteiger partial charge on any atom is 0.293 e. The molecule has 0 saturated carbocycles. The van der Waals surface area contributed by atoms with Crippen molar-refractivity contribution in [2.45, 2.75) is 45.2 Å². The Hall–Kier alpha value is -3.94. The van der Waals surface area contributed by atoms with Gasteiger partial charge in [0.1, 0.15) is 0 Å². The quantitative estimate of drug-likeness (QED) is 0.269. The van der Waals surface area contributed by atoms with Gasteiger partial charge in [0.15, 0.2) is 5.76 Å². The lowest BCUT2D eigenvalue weighted by molar-refractivity contribution is -0.124. The summed E-state index contributed by atoms with van der Waals surface area (Å²) in [6.07, 6.45) is 1.61. The van der Waals surface area contributed by atoms with E-state index in [1.165, 1.54) is 10.4 Å². The molecule has 7 heteroatoms. The van der Waals surface area contributed by atoms with Gasteiger partial charge in [0, 0.05) is 35.3 Å². The van der Waals surface area contributed by atoms with E-state index < -0.39 is 25.9 Å². The number of para-hydroxylation sites is 1. The van der Waals surface area contributed by atoms with Crippen LogP contribution in [0.4, 0.5) is 0 Å². The summed E-state index contributed by atoms with van der Waals surface area (Å²) in [5, 5.41) is 16.1. The first-order chi connectivity index (χ1) is 19.2. The lowest BCUT2D eigenvalue weighted by atomic mass is 9.92. The molecular weight excluding hydrogens is 516 g/mol. The van der Waals surface area contributed by atoms with Gasteiger partial charge in [-0.25, -0.2) is 0 Å². The number of aliphatic hydroxyl groups excluding tert-OH is 1. The predicted molar refractivity (Wildman–Crippen MR) is 160 cm³/mol. The van der Waals surface area contributed by atoms with E-state index in [2.05, 4.69) is 79.2 Å². The number of nitrogens with zero attached hydrogens (tertiary/aromatic N) is 1. The lowest BCUT2D eigenvalue weighted by Crippen LogP contribution is -2.67. The number of aryl methyl sites for hydroxylation is 1. The molecule has 0 bridgehead atoms. The highest BCUT2D eigenvalue weighted by Gasteiger charge is 2.50. The highest BCUT2D eigenvalue weighted by molar-refractivity contribution is 6.99. The Morgan fingerprint density at radius 2 is 1.50 bits per heavy atom. The highest BCUT2D eigenvalue weighted by Crippen LogP contribution is 2.41. The van der Waals surface area contributed by atoms with Gasteiger partial charge in [0.2, 0.25) is 0 Å². The monoisotopic (exact) mass is 550 g/mol. The molecule has 0 saturated heterocycles. The first-order valence-electron chi connectivity index (χ1n) is 13.9. The fourth-order valence-electron chi connectivity index (χ4n) is 6.61. The van der Waals surface area contributed by atoms with Crippen molar-refractivity contribution in [3.63, 3.8) is 0 Å². The minimum Gasteiger partial charge on any atom is -0.502 e. The van der Waals surface area contributed by atoms with E-state index in [1.54, 1.807) is 0 Å². The van der Waals surface area contributed by atoms with Gasteiger partial charge in [-0.3, -0.25) is 14.9 Å². The van der Waals surface area contributed by atoms with E-state index in [9.17, 15) is 14.7 Å². The van der Waals surface area contributed by atoms with Crippen LogP contribution in [0.3, 0.4) is 0 Å². The first kappa shape index (κ1) is 26.3. The molecule has 1 atom stereocenters. The third-order valence-electron chi connectivity index (χ3n) is 8.43. The molecule has 3 heterocycles. The number of carbonyl (C=O) groups is 2. The first-order valence-corrected chi connectivity index (χ1v) is 15.8. The van der Waals surface area contributed by atoms with Crippen LogP contribution in [-0.2, 0) is 27.0 Å². The second-order valence-corrected chi connectivity index (χ2v) is 16.1. The Bertz CT molecular complexity index is 1590. The molecule has 40 heavy (non-hydrogen) atoms. The van der Waals surface area contributed by atoms with Gasteiger partial charge in [-0.05, 0) is 40.2 Å².